The Kier molecular flexibility index (Phi) is 12.6. The molecule has 0 rings (SSSR count). The maximum atomic E-state index is 11.8. The van der Waals surface area contributed by atoms with Crippen LogP contribution >= 0.6 is 0 Å². The Balaban J connectivity index is 4.48. The number of aliphatic hydroxyl groups excluding tert-OH is 1. The van der Waals surface area contributed by atoms with Gasteiger partial charge in [0.15, 0.2) is 12.2 Å². The Hall–Kier alpha value is -1.16. The van der Waals surface area contributed by atoms with E-state index in [1.54, 1.807) is 0 Å². The van der Waals surface area contributed by atoms with Gasteiger partial charge < -0.3 is 29.3 Å². The molecular formula is C14H27BO8. The number of hydrogen-bond acceptors (Lipinski definition) is 8. The first-order valence-corrected chi connectivity index (χ1v) is 7.96. The summed E-state index contributed by atoms with van der Waals surface area (Å²) in [5.74, 6) is -2.12. The van der Waals surface area contributed by atoms with Crippen LogP contribution in [0.3, 0.4) is 0 Å². The van der Waals surface area contributed by atoms with Crippen LogP contribution in [0.2, 0.25) is 0 Å². The molecule has 9 heteroatoms. The first-order valence-electron chi connectivity index (χ1n) is 7.96. The van der Waals surface area contributed by atoms with Crippen molar-refractivity contribution in [2.45, 2.75) is 64.6 Å². The Bertz CT molecular complexity index is 337. The lowest BCUT2D eigenvalue weighted by molar-refractivity contribution is -0.173. The van der Waals surface area contributed by atoms with Gasteiger partial charge in [-0.3, -0.25) is 0 Å². The van der Waals surface area contributed by atoms with Crippen LogP contribution in [0.1, 0.15) is 52.4 Å². The summed E-state index contributed by atoms with van der Waals surface area (Å²) in [5.41, 5.74) is 0. The third-order valence-electron chi connectivity index (χ3n) is 3.01. The van der Waals surface area contributed by atoms with Crippen molar-refractivity contribution in [1.82, 2.24) is 0 Å². The van der Waals surface area contributed by atoms with Gasteiger partial charge in [-0.05, 0) is 12.8 Å². The average molecular weight is 334 g/mol. The summed E-state index contributed by atoms with van der Waals surface area (Å²) in [6.45, 7) is 4.15. The van der Waals surface area contributed by atoms with E-state index < -0.39 is 31.5 Å². The van der Waals surface area contributed by atoms with Crippen LogP contribution in [0.15, 0.2) is 0 Å². The third-order valence-corrected chi connectivity index (χ3v) is 3.01. The van der Waals surface area contributed by atoms with E-state index in [2.05, 4.69) is 4.65 Å². The molecule has 0 spiro atoms. The van der Waals surface area contributed by atoms with Gasteiger partial charge in [0, 0.05) is 0 Å². The van der Waals surface area contributed by atoms with Gasteiger partial charge in [-0.1, -0.05) is 39.5 Å². The lowest BCUT2D eigenvalue weighted by atomic mass is 10.1. The second kappa shape index (κ2) is 13.3. The van der Waals surface area contributed by atoms with Gasteiger partial charge in [0.2, 0.25) is 0 Å². The van der Waals surface area contributed by atoms with Gasteiger partial charge in [0.25, 0.3) is 0 Å². The standard InChI is InChI=1S/C14H27BO8/c1-3-5-7-9-21-13(17)11(16)12(23-15(19)20)14(18)22-10-8-6-4-2/h11-12,16,19-20H,3-10H2,1-2H3/t11-,12-/m1/s1. The highest BCUT2D eigenvalue weighted by atomic mass is 16.7. The van der Waals surface area contributed by atoms with Crippen LogP contribution in [0.25, 0.3) is 0 Å². The predicted octanol–water partition coefficient (Wildman–Crippen LogP) is 0.169. The lowest BCUT2D eigenvalue weighted by Crippen LogP contribution is -2.46. The topological polar surface area (TPSA) is 123 Å². The summed E-state index contributed by atoms with van der Waals surface area (Å²) in [6.07, 6.45) is 0.986. The van der Waals surface area contributed by atoms with Crippen molar-refractivity contribution in [2.24, 2.45) is 0 Å². The van der Waals surface area contributed by atoms with Crippen molar-refractivity contribution in [3.63, 3.8) is 0 Å². The zero-order chi connectivity index (χ0) is 17.7. The molecule has 0 aliphatic rings. The summed E-state index contributed by atoms with van der Waals surface area (Å²) in [6, 6.07) is 0. The molecule has 23 heavy (non-hydrogen) atoms. The molecule has 0 saturated carbocycles. The first-order chi connectivity index (χ1) is 10.9. The lowest BCUT2D eigenvalue weighted by Gasteiger charge is -2.20. The Morgan fingerprint density at radius 2 is 1.39 bits per heavy atom. The molecule has 134 valence electrons. The second-order valence-corrected chi connectivity index (χ2v) is 5.08. The number of carbonyl (C=O) groups excluding carboxylic acids is 2. The molecule has 0 fully saturated rings. The van der Waals surface area contributed by atoms with Gasteiger partial charge in [-0.2, -0.15) is 0 Å². The summed E-state index contributed by atoms with van der Waals surface area (Å²) in [5, 5.41) is 27.5. The fraction of sp³-hybridized carbons (Fsp3) is 0.857. The zero-order valence-corrected chi connectivity index (χ0v) is 13.8. The minimum atomic E-state index is -2.33. The van der Waals surface area contributed by atoms with E-state index >= 15 is 0 Å². The maximum absolute atomic E-state index is 11.8. The third kappa shape index (κ3) is 10.3. The van der Waals surface area contributed by atoms with Crippen molar-refractivity contribution in [3.8, 4) is 0 Å². The molecule has 8 nitrogen and oxygen atoms in total. The molecule has 0 heterocycles. The van der Waals surface area contributed by atoms with E-state index in [0.29, 0.717) is 12.8 Å². The summed E-state index contributed by atoms with van der Waals surface area (Å²) in [4.78, 5) is 23.5. The molecule has 0 radical (unpaired) electrons. The van der Waals surface area contributed by atoms with E-state index in [9.17, 15) is 14.7 Å². The summed E-state index contributed by atoms with van der Waals surface area (Å²) in [7, 11) is -2.33. The molecule has 0 bridgehead atoms. The van der Waals surface area contributed by atoms with E-state index in [1.165, 1.54) is 0 Å². The van der Waals surface area contributed by atoms with Gasteiger partial charge >= 0.3 is 19.3 Å². The molecule has 0 aliphatic heterocycles. The fourth-order valence-corrected chi connectivity index (χ4v) is 1.73. The van der Waals surface area contributed by atoms with E-state index in [1.807, 2.05) is 13.8 Å². The van der Waals surface area contributed by atoms with Crippen LogP contribution in [0, 0.1) is 0 Å². The van der Waals surface area contributed by atoms with Crippen LogP contribution < -0.4 is 0 Å². The molecule has 0 aromatic carbocycles. The number of hydrogen-bond donors (Lipinski definition) is 3. The number of aliphatic hydroxyl groups is 1. The van der Waals surface area contributed by atoms with Gasteiger partial charge in [0.1, 0.15) is 0 Å². The van der Waals surface area contributed by atoms with Gasteiger partial charge in [0.05, 0.1) is 13.2 Å². The minimum absolute atomic E-state index is 0.0896. The van der Waals surface area contributed by atoms with Crippen LogP contribution in [-0.4, -0.2) is 59.8 Å². The van der Waals surface area contributed by atoms with Crippen molar-refractivity contribution in [1.29, 1.82) is 0 Å². The zero-order valence-electron chi connectivity index (χ0n) is 13.8. The number of ether oxygens (including phenoxy) is 2. The quantitative estimate of drug-likeness (QED) is 0.247. The van der Waals surface area contributed by atoms with Crippen molar-refractivity contribution < 1.29 is 38.9 Å². The van der Waals surface area contributed by atoms with E-state index in [4.69, 9.17) is 19.5 Å². The maximum Gasteiger partial charge on any atom is 0.634 e. The molecule has 0 amide bonds. The van der Waals surface area contributed by atoms with E-state index in [-0.39, 0.29) is 13.2 Å². The van der Waals surface area contributed by atoms with Crippen molar-refractivity contribution in [2.75, 3.05) is 13.2 Å². The number of unbranched alkanes of at least 4 members (excludes halogenated alkanes) is 4. The number of esters is 2. The van der Waals surface area contributed by atoms with Gasteiger partial charge in [-0.25, -0.2) is 9.59 Å². The molecule has 0 aromatic heterocycles. The number of rotatable bonds is 13. The Labute approximate surface area is 136 Å². The second-order valence-electron chi connectivity index (χ2n) is 5.08. The molecule has 0 unspecified atom stereocenters. The first kappa shape index (κ1) is 21.8. The SMILES string of the molecule is CCCCCOC(=O)[C@H](O)[C@@H](OB(O)O)C(=O)OCCCCC. The predicted molar refractivity (Wildman–Crippen MR) is 82.0 cm³/mol. The molecular weight excluding hydrogens is 307 g/mol. The molecule has 0 saturated heterocycles. The Morgan fingerprint density at radius 1 is 0.913 bits per heavy atom. The van der Waals surface area contributed by atoms with Gasteiger partial charge in [-0.15, -0.1) is 0 Å². The van der Waals surface area contributed by atoms with Crippen molar-refractivity contribution >= 4 is 19.3 Å². The highest BCUT2D eigenvalue weighted by Crippen LogP contribution is 2.08. The monoisotopic (exact) mass is 334 g/mol. The summed E-state index contributed by atoms with van der Waals surface area (Å²) < 4.78 is 14.2. The van der Waals surface area contributed by atoms with Crippen LogP contribution in [-0.2, 0) is 23.7 Å². The van der Waals surface area contributed by atoms with Crippen LogP contribution in [0.4, 0.5) is 0 Å². The molecule has 2 atom stereocenters. The smallest absolute Gasteiger partial charge is 0.464 e. The number of carbonyl (C=O) groups is 2. The van der Waals surface area contributed by atoms with Crippen molar-refractivity contribution in [3.05, 3.63) is 0 Å². The normalized spacial score (nSPS) is 13.3. The average Bonchev–Trinajstić information content (AvgIpc) is 2.52. The Morgan fingerprint density at radius 3 is 1.83 bits per heavy atom. The highest BCUT2D eigenvalue weighted by molar-refractivity contribution is 6.33. The molecule has 3 N–H and O–H groups in total. The fourth-order valence-electron chi connectivity index (χ4n) is 1.73. The summed E-state index contributed by atoms with van der Waals surface area (Å²) >= 11 is 0. The van der Waals surface area contributed by atoms with Crippen LogP contribution in [0.5, 0.6) is 0 Å². The minimum Gasteiger partial charge on any atom is -0.464 e. The highest BCUT2D eigenvalue weighted by Gasteiger charge is 2.38. The largest absolute Gasteiger partial charge is 0.634 e. The molecule has 0 aromatic rings. The molecule has 0 aliphatic carbocycles. The van der Waals surface area contributed by atoms with E-state index in [0.717, 1.165) is 25.7 Å².